The summed E-state index contributed by atoms with van der Waals surface area (Å²) in [4.78, 5) is 35.0. The van der Waals surface area contributed by atoms with Gasteiger partial charge in [-0.2, -0.15) is 0 Å². The van der Waals surface area contributed by atoms with Gasteiger partial charge in [0, 0.05) is 18.5 Å². The Morgan fingerprint density at radius 1 is 1.13 bits per heavy atom. The Hall–Kier alpha value is -2.84. The number of nitrogens with one attached hydrogen (secondary N) is 2. The van der Waals surface area contributed by atoms with Gasteiger partial charge in [-0.05, 0) is 37.1 Å². The van der Waals surface area contributed by atoms with Crippen LogP contribution in [0, 0.1) is 0 Å². The van der Waals surface area contributed by atoms with Crippen LogP contribution in [0.1, 0.15) is 12.8 Å². The van der Waals surface area contributed by atoms with Crippen molar-refractivity contribution in [1.29, 1.82) is 0 Å². The Balaban J connectivity index is 1.46. The normalized spacial score (nSPS) is 13.1. The van der Waals surface area contributed by atoms with E-state index in [1.54, 1.807) is 13.1 Å². The number of anilines is 2. The molecule has 0 spiro atoms. The van der Waals surface area contributed by atoms with Crippen molar-refractivity contribution in [2.45, 2.75) is 24.0 Å². The maximum Gasteiger partial charge on any atom is 0.239 e. The third-order valence-corrected chi connectivity index (χ3v) is 5.95. The fourth-order valence-corrected chi connectivity index (χ4v) is 3.92. The molecule has 1 fully saturated rings. The van der Waals surface area contributed by atoms with Crippen LogP contribution in [0.4, 0.5) is 11.5 Å². The Kier molecular flexibility index (Phi) is 6.58. The van der Waals surface area contributed by atoms with Crippen LogP contribution in [-0.2, 0) is 9.59 Å². The van der Waals surface area contributed by atoms with E-state index in [0.29, 0.717) is 16.0 Å². The second kappa shape index (κ2) is 9.53. The minimum Gasteiger partial charge on any atom is -0.352 e. The van der Waals surface area contributed by atoms with Gasteiger partial charge in [-0.1, -0.05) is 47.6 Å². The topological polar surface area (TPSA) is 87.2 Å². The third-order valence-electron chi connectivity index (χ3n) is 4.78. The first kappa shape index (κ1) is 21.4. The summed E-state index contributed by atoms with van der Waals surface area (Å²) in [6.45, 7) is 0.0494. The number of carbonyl (C=O) groups excluding carboxylic acids is 2. The lowest BCUT2D eigenvalue weighted by atomic mass is 10.2. The fraction of sp³-hybridized carbons (Fsp3) is 0.273. The second-order valence-corrected chi connectivity index (χ2v) is 8.71. The van der Waals surface area contributed by atoms with E-state index in [9.17, 15) is 9.59 Å². The summed E-state index contributed by atoms with van der Waals surface area (Å²) < 4.78 is 0. The number of rotatable bonds is 8. The molecule has 160 valence electrons. The maximum atomic E-state index is 12.5. The first-order valence-corrected chi connectivity index (χ1v) is 11.3. The molecule has 1 aliphatic rings. The number of nitrogens with zero attached hydrogens (tertiary/aromatic N) is 3. The Morgan fingerprint density at radius 3 is 2.65 bits per heavy atom. The molecule has 7 nitrogen and oxygen atoms in total. The zero-order valence-electron chi connectivity index (χ0n) is 17.0. The van der Waals surface area contributed by atoms with E-state index >= 15 is 0 Å². The second-order valence-electron chi connectivity index (χ2n) is 7.36. The molecule has 1 aromatic heterocycles. The molecule has 2 amide bonds. The molecule has 1 saturated carbocycles. The van der Waals surface area contributed by atoms with Gasteiger partial charge in [0.05, 0.1) is 28.5 Å². The molecular weight excluding hydrogens is 434 g/mol. The van der Waals surface area contributed by atoms with Crippen molar-refractivity contribution in [3.8, 4) is 0 Å². The highest BCUT2D eigenvalue weighted by Gasteiger charge is 2.24. The average Bonchev–Trinajstić information content (AvgIpc) is 3.57. The molecule has 9 heteroatoms. The summed E-state index contributed by atoms with van der Waals surface area (Å²) in [5, 5.41) is 8.06. The lowest BCUT2D eigenvalue weighted by Crippen LogP contribution is -2.39. The Labute approximate surface area is 189 Å². The third kappa shape index (κ3) is 5.65. The summed E-state index contributed by atoms with van der Waals surface area (Å²) in [6.07, 6.45) is 2.03. The molecule has 0 atom stereocenters. The highest BCUT2D eigenvalue weighted by atomic mass is 35.5. The first-order valence-electron chi connectivity index (χ1n) is 9.94. The lowest BCUT2D eigenvalue weighted by molar-refractivity contribution is -0.132. The van der Waals surface area contributed by atoms with Crippen molar-refractivity contribution >= 4 is 57.6 Å². The number of hydrogen-bond donors (Lipinski definition) is 2. The fourth-order valence-electron chi connectivity index (χ4n) is 2.95. The Bertz CT molecular complexity index is 1120. The molecule has 1 heterocycles. The Morgan fingerprint density at radius 2 is 1.87 bits per heavy atom. The van der Waals surface area contributed by atoms with Gasteiger partial charge in [-0.15, -0.1) is 0 Å². The lowest BCUT2D eigenvalue weighted by Gasteiger charge is -2.16. The molecule has 2 aromatic carbocycles. The molecule has 4 rings (SSSR count). The van der Waals surface area contributed by atoms with Crippen LogP contribution in [0.25, 0.3) is 10.9 Å². The molecule has 0 unspecified atom stereocenters. The molecule has 0 radical (unpaired) electrons. The molecular formula is C22H22ClN5O2S. The predicted molar refractivity (Wildman–Crippen MR) is 124 cm³/mol. The SMILES string of the molecule is CN(CC(=O)NC1CC1)C(=O)CSc1nc(Nc2ccccc2Cl)c2ccccc2n1. The maximum absolute atomic E-state index is 12.5. The van der Waals surface area contributed by atoms with Gasteiger partial charge < -0.3 is 15.5 Å². The van der Waals surface area contributed by atoms with E-state index in [1.165, 1.54) is 16.7 Å². The number of likely N-dealkylation sites (N-methyl/N-ethyl adjacent to an activating group) is 1. The minimum atomic E-state index is -0.159. The monoisotopic (exact) mass is 455 g/mol. The van der Waals surface area contributed by atoms with Crippen LogP contribution in [0.2, 0.25) is 5.02 Å². The predicted octanol–water partition coefficient (Wildman–Crippen LogP) is 3.86. The van der Waals surface area contributed by atoms with Gasteiger partial charge in [0.1, 0.15) is 5.82 Å². The number of aromatic nitrogens is 2. The highest BCUT2D eigenvalue weighted by molar-refractivity contribution is 7.99. The summed E-state index contributed by atoms with van der Waals surface area (Å²) in [5.74, 6) is 0.465. The number of amides is 2. The van der Waals surface area contributed by atoms with Crippen molar-refractivity contribution in [2.75, 3.05) is 24.7 Å². The minimum absolute atomic E-state index is 0.0494. The molecule has 0 saturated heterocycles. The first-order chi connectivity index (χ1) is 15.0. The van der Waals surface area contributed by atoms with E-state index in [-0.39, 0.29) is 30.2 Å². The quantitative estimate of drug-likeness (QED) is 0.396. The molecule has 2 N–H and O–H groups in total. The van der Waals surface area contributed by atoms with Crippen molar-refractivity contribution in [3.63, 3.8) is 0 Å². The van der Waals surface area contributed by atoms with Crippen LogP contribution < -0.4 is 10.6 Å². The summed E-state index contributed by atoms with van der Waals surface area (Å²) in [7, 11) is 1.63. The van der Waals surface area contributed by atoms with Gasteiger partial charge in [0.2, 0.25) is 11.8 Å². The highest BCUT2D eigenvalue weighted by Crippen LogP contribution is 2.30. The standard InChI is InChI=1S/C22H22ClN5O2S/c1-28(12-19(29)24-14-10-11-14)20(30)13-31-22-26-17-8-4-2-6-15(17)21(27-22)25-18-9-5-3-7-16(18)23/h2-9,14H,10-13H2,1H3,(H,24,29)(H,25,26,27). The van der Waals surface area contributed by atoms with E-state index in [0.717, 1.165) is 29.4 Å². The molecule has 0 aliphatic heterocycles. The van der Waals surface area contributed by atoms with Crippen LogP contribution >= 0.6 is 23.4 Å². The van der Waals surface area contributed by atoms with Crippen molar-refractivity contribution in [3.05, 3.63) is 53.6 Å². The summed E-state index contributed by atoms with van der Waals surface area (Å²) in [5.41, 5.74) is 1.50. The van der Waals surface area contributed by atoms with Gasteiger partial charge in [0.15, 0.2) is 5.16 Å². The van der Waals surface area contributed by atoms with E-state index in [1.807, 2.05) is 42.5 Å². The molecule has 1 aliphatic carbocycles. The van der Waals surface area contributed by atoms with Crippen LogP contribution in [0.3, 0.4) is 0 Å². The molecule has 0 bridgehead atoms. The van der Waals surface area contributed by atoms with E-state index < -0.39 is 0 Å². The van der Waals surface area contributed by atoms with Crippen LogP contribution in [-0.4, -0.2) is 52.1 Å². The van der Waals surface area contributed by atoms with E-state index in [4.69, 9.17) is 11.6 Å². The number of halogens is 1. The number of hydrogen-bond acceptors (Lipinski definition) is 6. The number of fused-ring (bicyclic) bond motifs is 1. The summed E-state index contributed by atoms with van der Waals surface area (Å²) in [6, 6.07) is 15.4. The van der Waals surface area contributed by atoms with Gasteiger partial charge in [0.25, 0.3) is 0 Å². The van der Waals surface area contributed by atoms with Crippen molar-refractivity contribution in [2.24, 2.45) is 0 Å². The number of thioether (sulfide) groups is 1. The van der Waals surface area contributed by atoms with Crippen LogP contribution in [0.5, 0.6) is 0 Å². The summed E-state index contributed by atoms with van der Waals surface area (Å²) >= 11 is 7.52. The van der Waals surface area contributed by atoms with Gasteiger partial charge in [-0.3, -0.25) is 9.59 Å². The number of benzene rings is 2. The van der Waals surface area contributed by atoms with E-state index in [2.05, 4.69) is 20.6 Å². The zero-order valence-corrected chi connectivity index (χ0v) is 18.5. The smallest absolute Gasteiger partial charge is 0.239 e. The zero-order chi connectivity index (χ0) is 21.8. The average molecular weight is 456 g/mol. The van der Waals surface area contributed by atoms with Crippen LogP contribution in [0.15, 0.2) is 53.7 Å². The number of para-hydroxylation sites is 2. The largest absolute Gasteiger partial charge is 0.352 e. The number of carbonyl (C=O) groups is 2. The van der Waals surface area contributed by atoms with Crippen molar-refractivity contribution in [1.82, 2.24) is 20.2 Å². The molecule has 3 aromatic rings. The molecule has 31 heavy (non-hydrogen) atoms. The van der Waals surface area contributed by atoms with Gasteiger partial charge >= 0.3 is 0 Å². The van der Waals surface area contributed by atoms with Crippen molar-refractivity contribution < 1.29 is 9.59 Å². The van der Waals surface area contributed by atoms with Gasteiger partial charge in [-0.25, -0.2) is 9.97 Å².